The number of carbonyl (C=O) groups is 1. The number of aromatic nitrogens is 4. The Kier molecular flexibility index (Phi) is 6.31. The molecular weight excluding hydrogens is 412 g/mol. The van der Waals surface area contributed by atoms with Crippen molar-refractivity contribution in [1.82, 2.24) is 25.1 Å². The number of aryl methyl sites for hydroxylation is 3. The molecular formula is C22H28N6O2S. The zero-order valence-corrected chi connectivity index (χ0v) is 19.2. The Balaban J connectivity index is 1.45. The van der Waals surface area contributed by atoms with Gasteiger partial charge in [0.05, 0.1) is 11.7 Å². The van der Waals surface area contributed by atoms with E-state index in [1.807, 2.05) is 50.9 Å². The lowest BCUT2D eigenvalue weighted by molar-refractivity contribution is -0.132. The Morgan fingerprint density at radius 1 is 1.32 bits per heavy atom. The van der Waals surface area contributed by atoms with Gasteiger partial charge < -0.3 is 14.6 Å². The lowest BCUT2D eigenvalue weighted by atomic mass is 10.1. The fourth-order valence-electron chi connectivity index (χ4n) is 3.80. The summed E-state index contributed by atoms with van der Waals surface area (Å²) in [5.74, 6) is 1.41. The van der Waals surface area contributed by atoms with E-state index in [-0.39, 0.29) is 17.9 Å². The van der Waals surface area contributed by atoms with Crippen LogP contribution in [-0.4, -0.2) is 37.5 Å². The predicted molar refractivity (Wildman–Crippen MR) is 120 cm³/mol. The number of likely N-dealkylation sites (tertiary alicyclic amines) is 1. The van der Waals surface area contributed by atoms with Crippen LogP contribution >= 0.6 is 11.3 Å². The van der Waals surface area contributed by atoms with Crippen molar-refractivity contribution >= 4 is 28.1 Å². The maximum atomic E-state index is 13.0. The molecule has 3 aromatic rings. The van der Waals surface area contributed by atoms with E-state index in [2.05, 4.69) is 20.5 Å². The van der Waals surface area contributed by atoms with Crippen LogP contribution in [-0.2, 0) is 11.2 Å². The first-order valence-electron chi connectivity index (χ1n) is 10.7. The molecule has 1 amide bonds. The summed E-state index contributed by atoms with van der Waals surface area (Å²) < 4.78 is 5.64. The largest absolute Gasteiger partial charge is 0.425 e. The van der Waals surface area contributed by atoms with Crippen LogP contribution in [0.25, 0.3) is 0 Å². The highest BCUT2D eigenvalue weighted by Gasteiger charge is 2.31. The van der Waals surface area contributed by atoms with E-state index in [9.17, 15) is 4.79 Å². The van der Waals surface area contributed by atoms with E-state index in [1.165, 1.54) is 0 Å². The number of thiazole rings is 1. The second-order valence-corrected chi connectivity index (χ2v) is 9.49. The number of rotatable bonds is 7. The van der Waals surface area contributed by atoms with Crippen LogP contribution < -0.4 is 5.32 Å². The van der Waals surface area contributed by atoms with Gasteiger partial charge in [-0.05, 0) is 38.8 Å². The second-order valence-electron chi connectivity index (χ2n) is 8.26. The van der Waals surface area contributed by atoms with Gasteiger partial charge >= 0.3 is 0 Å². The lowest BCUT2D eigenvalue weighted by Gasteiger charge is -2.25. The van der Waals surface area contributed by atoms with Crippen LogP contribution in [0.1, 0.15) is 73.1 Å². The molecule has 1 atom stereocenters. The molecule has 1 N–H and O–H groups in total. The molecule has 0 aliphatic carbocycles. The molecule has 4 heterocycles. The number of pyridine rings is 1. The summed E-state index contributed by atoms with van der Waals surface area (Å²) in [6.07, 6.45) is 4.55. The molecule has 9 heteroatoms. The van der Waals surface area contributed by atoms with Gasteiger partial charge in [-0.25, -0.2) is 4.98 Å². The third-order valence-corrected chi connectivity index (χ3v) is 6.12. The molecule has 0 aromatic carbocycles. The summed E-state index contributed by atoms with van der Waals surface area (Å²) in [5, 5.41) is 12.3. The highest BCUT2D eigenvalue weighted by Crippen LogP contribution is 2.34. The molecule has 4 rings (SSSR count). The molecule has 0 spiro atoms. The third kappa shape index (κ3) is 5.10. The molecule has 0 radical (unpaired) electrons. The first kappa shape index (κ1) is 21.4. The summed E-state index contributed by atoms with van der Waals surface area (Å²) >= 11 is 1.61. The number of nitrogens with one attached hydrogen (secondary N) is 1. The molecule has 1 unspecified atom stereocenters. The van der Waals surface area contributed by atoms with E-state index in [0.29, 0.717) is 24.6 Å². The second kappa shape index (κ2) is 9.13. The standard InChI is InChI=1S/C22H28N6O2S/c1-13(2)21-27-26-19(30-21)7-8-20(29)28-9-5-6-18(28)17-11-16(10-14(3)24-17)25-22-23-12-15(4)31-22/h10-13,18H,5-9H2,1-4H3,(H,23,24,25). The molecule has 3 aromatic heterocycles. The van der Waals surface area contributed by atoms with Gasteiger partial charge in [0.25, 0.3) is 0 Å². The number of amides is 1. The minimum atomic E-state index is -0.0140. The molecule has 0 saturated carbocycles. The van der Waals surface area contributed by atoms with Crippen molar-refractivity contribution in [3.63, 3.8) is 0 Å². The van der Waals surface area contributed by atoms with Crippen LogP contribution in [0.3, 0.4) is 0 Å². The number of hydrogen-bond acceptors (Lipinski definition) is 8. The number of nitrogens with zero attached hydrogens (tertiary/aromatic N) is 5. The Labute approximate surface area is 186 Å². The summed E-state index contributed by atoms with van der Waals surface area (Å²) in [7, 11) is 0. The van der Waals surface area contributed by atoms with Crippen molar-refractivity contribution in [3.05, 3.63) is 46.4 Å². The van der Waals surface area contributed by atoms with Crippen molar-refractivity contribution in [2.75, 3.05) is 11.9 Å². The van der Waals surface area contributed by atoms with Crippen molar-refractivity contribution in [2.45, 2.75) is 65.3 Å². The van der Waals surface area contributed by atoms with E-state index in [4.69, 9.17) is 9.40 Å². The molecule has 1 fully saturated rings. The Morgan fingerprint density at radius 3 is 2.87 bits per heavy atom. The number of carbonyl (C=O) groups excluding carboxylic acids is 1. The van der Waals surface area contributed by atoms with Crippen LogP contribution in [0.15, 0.2) is 22.7 Å². The normalized spacial score (nSPS) is 16.3. The monoisotopic (exact) mass is 440 g/mol. The minimum Gasteiger partial charge on any atom is -0.425 e. The third-order valence-electron chi connectivity index (χ3n) is 5.29. The maximum Gasteiger partial charge on any atom is 0.223 e. The highest BCUT2D eigenvalue weighted by atomic mass is 32.1. The molecule has 1 saturated heterocycles. The molecule has 164 valence electrons. The fourth-order valence-corrected chi connectivity index (χ4v) is 4.49. The Morgan fingerprint density at radius 2 is 2.16 bits per heavy atom. The minimum absolute atomic E-state index is 0.0140. The van der Waals surface area contributed by atoms with E-state index >= 15 is 0 Å². The summed E-state index contributed by atoms with van der Waals surface area (Å²) in [5.41, 5.74) is 2.78. The highest BCUT2D eigenvalue weighted by molar-refractivity contribution is 7.15. The van der Waals surface area contributed by atoms with Crippen molar-refractivity contribution in [2.24, 2.45) is 0 Å². The smallest absolute Gasteiger partial charge is 0.223 e. The summed E-state index contributed by atoms with van der Waals surface area (Å²) in [6, 6.07) is 4.02. The van der Waals surface area contributed by atoms with Crippen LogP contribution in [0.2, 0.25) is 0 Å². The maximum absolute atomic E-state index is 13.0. The van der Waals surface area contributed by atoms with Gasteiger partial charge in [-0.15, -0.1) is 21.5 Å². The molecule has 31 heavy (non-hydrogen) atoms. The van der Waals surface area contributed by atoms with Crippen molar-refractivity contribution < 1.29 is 9.21 Å². The number of anilines is 2. The van der Waals surface area contributed by atoms with E-state index in [1.54, 1.807) is 11.3 Å². The topological polar surface area (TPSA) is 97.0 Å². The van der Waals surface area contributed by atoms with Gasteiger partial charge in [-0.2, -0.15) is 0 Å². The van der Waals surface area contributed by atoms with Gasteiger partial charge in [0.2, 0.25) is 17.7 Å². The quantitative estimate of drug-likeness (QED) is 0.568. The SMILES string of the molecule is Cc1cc(Nc2ncc(C)s2)cc(C2CCCN2C(=O)CCc2nnc(C(C)C)o2)n1. The molecule has 8 nitrogen and oxygen atoms in total. The van der Waals surface area contributed by atoms with Gasteiger partial charge in [0.15, 0.2) is 5.13 Å². The van der Waals surface area contributed by atoms with Crippen LogP contribution in [0.4, 0.5) is 10.8 Å². The average molecular weight is 441 g/mol. The molecule has 0 bridgehead atoms. The van der Waals surface area contributed by atoms with Crippen molar-refractivity contribution in [1.29, 1.82) is 0 Å². The molecule has 1 aliphatic heterocycles. The lowest BCUT2D eigenvalue weighted by Crippen LogP contribution is -2.31. The molecule has 1 aliphatic rings. The van der Waals surface area contributed by atoms with Gasteiger partial charge in [-0.3, -0.25) is 9.78 Å². The van der Waals surface area contributed by atoms with Gasteiger partial charge in [0.1, 0.15) is 0 Å². The Hall–Kier alpha value is -2.81. The van der Waals surface area contributed by atoms with Crippen LogP contribution in [0, 0.1) is 13.8 Å². The van der Waals surface area contributed by atoms with Crippen molar-refractivity contribution in [3.8, 4) is 0 Å². The predicted octanol–water partition coefficient (Wildman–Crippen LogP) is 4.70. The first-order valence-corrected chi connectivity index (χ1v) is 11.5. The van der Waals surface area contributed by atoms with Gasteiger partial charge in [-0.1, -0.05) is 13.8 Å². The van der Waals surface area contributed by atoms with E-state index < -0.39 is 0 Å². The fraction of sp³-hybridized carbons (Fsp3) is 0.500. The zero-order chi connectivity index (χ0) is 22.0. The first-order chi connectivity index (χ1) is 14.9. The summed E-state index contributed by atoms with van der Waals surface area (Å²) in [6.45, 7) is 8.77. The van der Waals surface area contributed by atoms with Crippen LogP contribution in [0.5, 0.6) is 0 Å². The summed E-state index contributed by atoms with van der Waals surface area (Å²) in [4.78, 5) is 25.2. The van der Waals surface area contributed by atoms with E-state index in [0.717, 1.165) is 46.5 Å². The Bertz CT molecular complexity index is 1060. The average Bonchev–Trinajstić information content (AvgIpc) is 3.46. The number of hydrogen-bond donors (Lipinski definition) is 1. The van der Waals surface area contributed by atoms with Gasteiger partial charge in [0, 0.05) is 47.8 Å². The zero-order valence-electron chi connectivity index (χ0n) is 18.4.